The van der Waals surface area contributed by atoms with Crippen LogP contribution in [0.5, 0.6) is 5.75 Å². The average molecular weight is 208 g/mol. The maximum absolute atomic E-state index is 10.9. The van der Waals surface area contributed by atoms with Gasteiger partial charge in [-0.1, -0.05) is 0 Å². The van der Waals surface area contributed by atoms with E-state index in [1.54, 1.807) is 0 Å². The van der Waals surface area contributed by atoms with Crippen molar-refractivity contribution in [1.29, 1.82) is 0 Å². The minimum atomic E-state index is -1.66. The van der Waals surface area contributed by atoms with E-state index in [-0.39, 0.29) is 11.5 Å². The summed E-state index contributed by atoms with van der Waals surface area (Å²) in [6.07, 6.45) is 0. The molecule has 0 aliphatic heterocycles. The molecule has 1 aromatic rings. The lowest BCUT2D eigenvalue weighted by Gasteiger charge is -2.01. The van der Waals surface area contributed by atoms with Gasteiger partial charge in [0.2, 0.25) is 0 Å². The van der Waals surface area contributed by atoms with Crippen molar-refractivity contribution in [3.63, 3.8) is 0 Å². The molecular weight excluding hydrogens is 200 g/mol. The average Bonchev–Trinajstić information content (AvgIpc) is 2.18. The number of carbonyl (C=O) groups excluding carboxylic acids is 2. The molecule has 0 saturated heterocycles. The molecule has 0 aliphatic rings. The molecule has 0 unspecified atom stereocenters. The first-order valence-electron chi connectivity index (χ1n) is 4.07. The number of carbonyl (C=O) groups is 3. The third kappa shape index (κ3) is 2.91. The minimum Gasteiger partial charge on any atom is -0.473 e. The molecule has 78 valence electrons. The lowest BCUT2D eigenvalue weighted by molar-refractivity contribution is -0.158. The molecule has 1 aromatic carbocycles. The third-order valence-electron chi connectivity index (χ3n) is 1.65. The zero-order valence-electron chi connectivity index (χ0n) is 7.89. The van der Waals surface area contributed by atoms with Gasteiger partial charge >= 0.3 is 11.9 Å². The van der Waals surface area contributed by atoms with Gasteiger partial charge in [0.25, 0.3) is 0 Å². The molecule has 0 radical (unpaired) electrons. The highest BCUT2D eigenvalue weighted by molar-refractivity contribution is 6.29. The van der Waals surface area contributed by atoms with Crippen LogP contribution < -0.4 is 4.74 Å². The van der Waals surface area contributed by atoms with Crippen LogP contribution in [0.2, 0.25) is 0 Å². The Balaban J connectivity index is 2.77. The van der Waals surface area contributed by atoms with E-state index in [2.05, 4.69) is 4.74 Å². The molecule has 5 nitrogen and oxygen atoms in total. The smallest absolute Gasteiger partial charge is 0.422 e. The summed E-state index contributed by atoms with van der Waals surface area (Å²) in [4.78, 5) is 31.7. The molecule has 5 heteroatoms. The number of hydrogen-bond donors (Lipinski definition) is 1. The van der Waals surface area contributed by atoms with Crippen LogP contribution in [0.1, 0.15) is 17.3 Å². The molecule has 0 atom stereocenters. The van der Waals surface area contributed by atoms with Crippen molar-refractivity contribution in [1.82, 2.24) is 0 Å². The van der Waals surface area contributed by atoms with Gasteiger partial charge in [-0.3, -0.25) is 4.79 Å². The summed E-state index contributed by atoms with van der Waals surface area (Å²) in [7, 11) is 0. The molecule has 0 aromatic heterocycles. The van der Waals surface area contributed by atoms with E-state index in [1.165, 1.54) is 31.2 Å². The summed E-state index contributed by atoms with van der Waals surface area (Å²) in [5.74, 6) is -3.05. The van der Waals surface area contributed by atoms with E-state index in [9.17, 15) is 14.4 Å². The second-order valence-electron chi connectivity index (χ2n) is 2.78. The number of carboxylic acid groups (broad SMARTS) is 1. The highest BCUT2D eigenvalue weighted by Crippen LogP contribution is 2.12. The molecule has 0 heterocycles. The Kier molecular flexibility index (Phi) is 3.17. The van der Waals surface area contributed by atoms with Crippen LogP contribution in [0.15, 0.2) is 24.3 Å². The number of hydrogen-bond acceptors (Lipinski definition) is 4. The number of rotatable bonds is 2. The van der Waals surface area contributed by atoms with Crippen LogP contribution in [0.3, 0.4) is 0 Å². The molecule has 0 fully saturated rings. The van der Waals surface area contributed by atoms with Crippen molar-refractivity contribution in [2.24, 2.45) is 0 Å². The first-order valence-corrected chi connectivity index (χ1v) is 4.07. The van der Waals surface area contributed by atoms with Gasteiger partial charge in [0.15, 0.2) is 5.78 Å². The summed E-state index contributed by atoms with van der Waals surface area (Å²) < 4.78 is 4.46. The van der Waals surface area contributed by atoms with Crippen LogP contribution in [0.25, 0.3) is 0 Å². The fourth-order valence-corrected chi connectivity index (χ4v) is 0.908. The minimum absolute atomic E-state index is 0.0902. The van der Waals surface area contributed by atoms with Gasteiger partial charge < -0.3 is 9.84 Å². The van der Waals surface area contributed by atoms with E-state index in [0.29, 0.717) is 5.56 Å². The molecule has 15 heavy (non-hydrogen) atoms. The third-order valence-corrected chi connectivity index (χ3v) is 1.65. The first-order chi connectivity index (χ1) is 7.00. The van der Waals surface area contributed by atoms with Crippen LogP contribution in [-0.2, 0) is 9.59 Å². The Morgan fingerprint density at radius 1 is 1.13 bits per heavy atom. The van der Waals surface area contributed by atoms with Crippen molar-refractivity contribution >= 4 is 17.7 Å². The number of aliphatic carboxylic acids is 1. The Morgan fingerprint density at radius 3 is 2.07 bits per heavy atom. The normalized spacial score (nSPS) is 9.40. The zero-order chi connectivity index (χ0) is 11.4. The van der Waals surface area contributed by atoms with Gasteiger partial charge in [-0.15, -0.1) is 0 Å². The fourth-order valence-electron chi connectivity index (χ4n) is 0.908. The number of benzene rings is 1. The van der Waals surface area contributed by atoms with Gasteiger partial charge in [-0.25, -0.2) is 9.59 Å². The molecule has 1 N–H and O–H groups in total. The molecule has 1 rings (SSSR count). The molecular formula is C10H8O5. The summed E-state index contributed by atoms with van der Waals surface area (Å²) >= 11 is 0. The summed E-state index contributed by atoms with van der Waals surface area (Å²) in [6.45, 7) is 1.40. The maximum atomic E-state index is 10.9. The predicted octanol–water partition coefficient (Wildman–Crippen LogP) is 0.879. The second-order valence-corrected chi connectivity index (χ2v) is 2.78. The summed E-state index contributed by atoms with van der Waals surface area (Å²) in [5.41, 5.74) is 0.463. The first kappa shape index (κ1) is 10.9. The summed E-state index contributed by atoms with van der Waals surface area (Å²) in [5, 5.41) is 8.26. The maximum Gasteiger partial charge on any atom is 0.422 e. The van der Waals surface area contributed by atoms with Gasteiger partial charge in [0.1, 0.15) is 5.75 Å². The van der Waals surface area contributed by atoms with Crippen LogP contribution in [-0.4, -0.2) is 22.8 Å². The SMILES string of the molecule is CC(=O)c1ccc(OC(=O)C(=O)O)cc1. The number of ether oxygens (including phenoxy) is 1. The molecule has 0 aliphatic carbocycles. The topological polar surface area (TPSA) is 80.7 Å². The van der Waals surface area contributed by atoms with Crippen LogP contribution in [0.4, 0.5) is 0 Å². The van der Waals surface area contributed by atoms with Crippen molar-refractivity contribution in [2.45, 2.75) is 6.92 Å². The van der Waals surface area contributed by atoms with Crippen LogP contribution in [0, 0.1) is 0 Å². The monoisotopic (exact) mass is 208 g/mol. The van der Waals surface area contributed by atoms with Crippen molar-refractivity contribution in [2.75, 3.05) is 0 Å². The molecule has 0 spiro atoms. The van der Waals surface area contributed by atoms with E-state index in [4.69, 9.17) is 5.11 Å². The molecule has 0 amide bonds. The van der Waals surface area contributed by atoms with Crippen molar-refractivity contribution < 1.29 is 24.2 Å². The lowest BCUT2D eigenvalue weighted by atomic mass is 10.1. The quantitative estimate of drug-likeness (QED) is 0.337. The molecule has 0 saturated carbocycles. The second kappa shape index (κ2) is 4.36. The Hall–Kier alpha value is -2.17. The van der Waals surface area contributed by atoms with E-state index >= 15 is 0 Å². The standard InChI is InChI=1S/C10H8O5/c1-6(11)7-2-4-8(5-3-7)15-10(14)9(12)13/h2-5H,1H3,(H,12,13). The summed E-state index contributed by atoms with van der Waals surface area (Å²) in [6, 6.07) is 5.62. The number of Topliss-reactive ketones (excluding diaryl/α,β-unsaturated/α-hetero) is 1. The largest absolute Gasteiger partial charge is 0.473 e. The van der Waals surface area contributed by atoms with Gasteiger partial charge in [0, 0.05) is 5.56 Å². The van der Waals surface area contributed by atoms with Gasteiger partial charge in [0.05, 0.1) is 0 Å². The lowest BCUT2D eigenvalue weighted by Crippen LogP contribution is -2.19. The Morgan fingerprint density at radius 2 is 1.67 bits per heavy atom. The predicted molar refractivity (Wildman–Crippen MR) is 49.7 cm³/mol. The highest BCUT2D eigenvalue weighted by atomic mass is 16.6. The number of esters is 1. The van der Waals surface area contributed by atoms with Crippen molar-refractivity contribution in [3.05, 3.63) is 29.8 Å². The number of ketones is 1. The van der Waals surface area contributed by atoms with E-state index in [1.807, 2.05) is 0 Å². The van der Waals surface area contributed by atoms with E-state index < -0.39 is 11.9 Å². The van der Waals surface area contributed by atoms with Gasteiger partial charge in [-0.05, 0) is 31.2 Å². The van der Waals surface area contributed by atoms with E-state index in [0.717, 1.165) is 0 Å². The molecule has 0 bridgehead atoms. The number of carboxylic acids is 1. The highest BCUT2D eigenvalue weighted by Gasteiger charge is 2.13. The van der Waals surface area contributed by atoms with Crippen LogP contribution >= 0.6 is 0 Å². The fraction of sp³-hybridized carbons (Fsp3) is 0.100. The van der Waals surface area contributed by atoms with Gasteiger partial charge in [-0.2, -0.15) is 0 Å². The zero-order valence-corrected chi connectivity index (χ0v) is 7.89. The Labute approximate surface area is 85.3 Å². The van der Waals surface area contributed by atoms with Crippen molar-refractivity contribution in [3.8, 4) is 5.75 Å². The Bertz CT molecular complexity index is 404.